The third kappa shape index (κ3) is 2.22. The van der Waals surface area contributed by atoms with E-state index < -0.39 is 0 Å². The van der Waals surface area contributed by atoms with Crippen molar-refractivity contribution in [3.8, 4) is 0 Å². The van der Waals surface area contributed by atoms with Crippen LogP contribution in [0.25, 0.3) is 11.0 Å². The number of nitrogens with one attached hydrogen (secondary N) is 2. The van der Waals surface area contributed by atoms with Crippen molar-refractivity contribution < 1.29 is 0 Å². The van der Waals surface area contributed by atoms with E-state index in [0.29, 0.717) is 11.5 Å². The number of aryl methyl sites for hydroxylation is 1. The van der Waals surface area contributed by atoms with Crippen molar-refractivity contribution in [2.24, 2.45) is 22.4 Å². The van der Waals surface area contributed by atoms with Gasteiger partial charge in [-0.3, -0.25) is 5.43 Å². The van der Waals surface area contributed by atoms with Gasteiger partial charge in [-0.05, 0) is 25.1 Å². The zero-order chi connectivity index (χ0) is 13.9. The maximum absolute atomic E-state index is 4.29. The molecule has 0 spiro atoms. The summed E-state index contributed by atoms with van der Waals surface area (Å²) in [4.78, 5) is 0. The Kier molecular flexibility index (Phi) is 3.12. The van der Waals surface area contributed by atoms with Crippen molar-refractivity contribution in [1.82, 2.24) is 20.3 Å². The van der Waals surface area contributed by atoms with E-state index in [1.54, 1.807) is 10.9 Å². The second kappa shape index (κ2) is 5.08. The van der Waals surface area contributed by atoms with Crippen LogP contribution in [-0.2, 0) is 7.05 Å². The van der Waals surface area contributed by atoms with Crippen LogP contribution < -0.4 is 10.7 Å². The third-order valence-electron chi connectivity index (χ3n) is 2.84. The number of aromatic nitrogens is 3. The number of hydrogen-bond acceptors (Lipinski definition) is 7. The molecule has 3 rings (SSSR count). The summed E-state index contributed by atoms with van der Waals surface area (Å²) >= 11 is 0. The lowest BCUT2D eigenvalue weighted by Crippen LogP contribution is -2.30. The smallest absolute Gasteiger partial charge is 0.178 e. The second-order valence-electron chi connectivity index (χ2n) is 4.25. The minimum absolute atomic E-state index is 0.670. The summed E-state index contributed by atoms with van der Waals surface area (Å²) < 4.78 is 1.72. The van der Waals surface area contributed by atoms with E-state index in [-0.39, 0.29) is 0 Å². The quantitative estimate of drug-likeness (QED) is 0.805. The molecule has 0 aliphatic carbocycles. The number of nitrogens with zero attached hydrogens (tertiary/aromatic N) is 6. The lowest BCUT2D eigenvalue weighted by atomic mass is 10.3. The molecule has 1 aliphatic heterocycles. The third-order valence-corrected chi connectivity index (χ3v) is 2.84. The van der Waals surface area contributed by atoms with Crippen molar-refractivity contribution in [1.29, 1.82) is 0 Å². The average molecular weight is 270 g/mol. The Morgan fingerprint density at radius 2 is 2.25 bits per heavy atom. The normalized spacial score (nSPS) is 15.9. The van der Waals surface area contributed by atoms with E-state index in [9.17, 15) is 0 Å². The molecule has 0 saturated carbocycles. The average Bonchev–Trinajstić information content (AvgIpc) is 3.05. The summed E-state index contributed by atoms with van der Waals surface area (Å²) in [6, 6.07) is 5.74. The summed E-state index contributed by atoms with van der Waals surface area (Å²) in [7, 11) is 1.85. The van der Waals surface area contributed by atoms with Crippen LogP contribution in [-0.4, -0.2) is 39.3 Å². The van der Waals surface area contributed by atoms with Gasteiger partial charge in [0, 0.05) is 13.6 Å². The number of benzene rings is 1. The predicted octanol–water partition coefficient (Wildman–Crippen LogP) is 0.744. The first-order chi connectivity index (χ1) is 9.78. The van der Waals surface area contributed by atoms with Gasteiger partial charge in [-0.2, -0.15) is 10.2 Å². The predicted molar refractivity (Wildman–Crippen MR) is 79.2 cm³/mol. The molecule has 2 N–H and O–H groups in total. The first-order valence-corrected chi connectivity index (χ1v) is 6.26. The summed E-state index contributed by atoms with van der Waals surface area (Å²) in [5.74, 6) is 0.670. The summed E-state index contributed by atoms with van der Waals surface area (Å²) in [5, 5.41) is 23.2. The Labute approximate surface area is 115 Å². The highest BCUT2D eigenvalue weighted by atomic mass is 15.4. The van der Waals surface area contributed by atoms with Gasteiger partial charge < -0.3 is 5.32 Å². The number of fused-ring (bicyclic) bond motifs is 1. The zero-order valence-electron chi connectivity index (χ0n) is 11.2. The van der Waals surface area contributed by atoms with Gasteiger partial charge in [0.15, 0.2) is 5.84 Å². The van der Waals surface area contributed by atoms with Gasteiger partial charge in [-0.1, -0.05) is 5.21 Å². The van der Waals surface area contributed by atoms with E-state index in [1.807, 2.05) is 32.2 Å². The van der Waals surface area contributed by atoms with E-state index in [2.05, 4.69) is 36.4 Å². The standard InChI is InChI=1S/C12H14N8/c1-3-13-12-10(7-14-18-12)16-15-8-4-5-9-11(6-8)20(2)19-17-9/h4-7,15H,3H2,1-2H3,(H,13,16,18). The molecule has 0 radical (unpaired) electrons. The molecule has 0 bridgehead atoms. The Hall–Kier alpha value is -2.77. The molecule has 1 aromatic heterocycles. The number of anilines is 1. The second-order valence-corrected chi connectivity index (χ2v) is 4.25. The molecule has 0 atom stereocenters. The highest BCUT2D eigenvalue weighted by Gasteiger charge is 2.11. The lowest BCUT2D eigenvalue weighted by molar-refractivity contribution is 0.736. The molecule has 1 aromatic carbocycles. The molecule has 20 heavy (non-hydrogen) atoms. The Balaban J connectivity index is 1.81. The number of hydrogen-bond donors (Lipinski definition) is 2. The van der Waals surface area contributed by atoms with Gasteiger partial charge in [0.25, 0.3) is 0 Å². The zero-order valence-corrected chi connectivity index (χ0v) is 11.2. The van der Waals surface area contributed by atoms with Crippen LogP contribution in [0.15, 0.2) is 33.5 Å². The lowest BCUT2D eigenvalue weighted by Gasteiger charge is -2.04. The van der Waals surface area contributed by atoms with Crippen LogP contribution in [0.1, 0.15) is 6.92 Å². The van der Waals surface area contributed by atoms with Gasteiger partial charge in [0.05, 0.1) is 17.4 Å². The van der Waals surface area contributed by atoms with Gasteiger partial charge in [-0.15, -0.1) is 10.2 Å². The molecule has 8 nitrogen and oxygen atoms in total. The highest BCUT2D eigenvalue weighted by Crippen LogP contribution is 2.16. The summed E-state index contributed by atoms with van der Waals surface area (Å²) in [5.41, 5.74) is 6.31. The molecule has 0 fully saturated rings. The van der Waals surface area contributed by atoms with Crippen molar-refractivity contribution in [3.63, 3.8) is 0 Å². The number of amidine groups is 1. The highest BCUT2D eigenvalue weighted by molar-refractivity contribution is 6.63. The first-order valence-electron chi connectivity index (χ1n) is 6.26. The van der Waals surface area contributed by atoms with Gasteiger partial charge in [-0.25, -0.2) is 4.68 Å². The van der Waals surface area contributed by atoms with Crippen LogP contribution >= 0.6 is 0 Å². The van der Waals surface area contributed by atoms with Crippen LogP contribution in [0.5, 0.6) is 0 Å². The molecule has 0 unspecified atom stereocenters. The maximum atomic E-state index is 4.29. The van der Waals surface area contributed by atoms with E-state index in [4.69, 9.17) is 0 Å². The van der Waals surface area contributed by atoms with Gasteiger partial charge in [0.1, 0.15) is 11.2 Å². The fraction of sp³-hybridized carbons (Fsp3) is 0.250. The van der Waals surface area contributed by atoms with Crippen LogP contribution in [0, 0.1) is 0 Å². The fourth-order valence-corrected chi connectivity index (χ4v) is 1.85. The molecule has 2 heterocycles. The topological polar surface area (TPSA) is 91.8 Å². The number of hydrazone groups is 1. The van der Waals surface area contributed by atoms with Gasteiger partial charge in [0.2, 0.25) is 0 Å². The Morgan fingerprint density at radius 3 is 3.10 bits per heavy atom. The summed E-state index contributed by atoms with van der Waals surface area (Å²) in [6.45, 7) is 2.77. The minimum atomic E-state index is 0.670. The van der Waals surface area contributed by atoms with E-state index in [1.165, 1.54) is 0 Å². The van der Waals surface area contributed by atoms with Crippen LogP contribution in [0.4, 0.5) is 5.69 Å². The van der Waals surface area contributed by atoms with Crippen molar-refractivity contribution in [3.05, 3.63) is 18.2 Å². The first kappa shape index (κ1) is 12.3. The summed E-state index contributed by atoms with van der Waals surface area (Å²) in [6.07, 6.45) is 1.61. The molecular weight excluding hydrogens is 256 g/mol. The molecule has 8 heteroatoms. The van der Waals surface area contributed by atoms with Crippen LogP contribution in [0.3, 0.4) is 0 Å². The van der Waals surface area contributed by atoms with Gasteiger partial charge >= 0.3 is 0 Å². The Bertz CT molecular complexity index is 724. The fourth-order valence-electron chi connectivity index (χ4n) is 1.85. The van der Waals surface area contributed by atoms with Crippen molar-refractivity contribution in [2.45, 2.75) is 6.92 Å². The maximum Gasteiger partial charge on any atom is 0.178 e. The van der Waals surface area contributed by atoms with E-state index >= 15 is 0 Å². The molecular formula is C12H14N8. The molecule has 1 aliphatic rings. The van der Waals surface area contributed by atoms with E-state index in [0.717, 1.165) is 23.3 Å². The molecule has 102 valence electrons. The molecule has 2 aromatic rings. The SMILES string of the molecule is CCNC1=NN=C/C1=N\Nc1ccc2nnn(C)c2c1. The monoisotopic (exact) mass is 270 g/mol. The molecule has 0 saturated heterocycles. The van der Waals surface area contributed by atoms with Crippen LogP contribution in [0.2, 0.25) is 0 Å². The molecule has 0 amide bonds. The number of rotatable bonds is 3. The van der Waals surface area contributed by atoms with Crippen molar-refractivity contribution in [2.75, 3.05) is 12.0 Å². The largest absolute Gasteiger partial charge is 0.367 e. The van der Waals surface area contributed by atoms with Crippen molar-refractivity contribution >= 4 is 34.5 Å². The Morgan fingerprint density at radius 1 is 1.35 bits per heavy atom. The minimum Gasteiger partial charge on any atom is -0.367 e.